The molecule has 2 amide bonds. The third-order valence-corrected chi connectivity index (χ3v) is 4.18. The maximum Gasteiger partial charge on any atom is 0.242 e. The van der Waals surface area contributed by atoms with Gasteiger partial charge >= 0.3 is 0 Å². The van der Waals surface area contributed by atoms with Crippen LogP contribution in [0.15, 0.2) is 0 Å². The SMILES string of the molecule is CNC(=O)C1CCCCN1C(=O)C1CCNC1C. The van der Waals surface area contributed by atoms with Crippen LogP contribution >= 0.6 is 0 Å². The number of nitrogens with one attached hydrogen (secondary N) is 2. The van der Waals surface area contributed by atoms with Crippen LogP contribution in [-0.2, 0) is 9.59 Å². The van der Waals surface area contributed by atoms with Gasteiger partial charge < -0.3 is 15.5 Å². The number of amides is 2. The summed E-state index contributed by atoms with van der Waals surface area (Å²) in [5.74, 6) is 0.165. The molecule has 2 aliphatic rings. The van der Waals surface area contributed by atoms with Crippen molar-refractivity contribution >= 4 is 11.8 Å². The van der Waals surface area contributed by atoms with E-state index in [-0.39, 0.29) is 29.8 Å². The number of rotatable bonds is 2. The van der Waals surface area contributed by atoms with Crippen molar-refractivity contribution in [3.63, 3.8) is 0 Å². The fraction of sp³-hybridized carbons (Fsp3) is 0.846. The summed E-state index contributed by atoms with van der Waals surface area (Å²) in [7, 11) is 1.64. The molecule has 3 unspecified atom stereocenters. The Morgan fingerprint density at radius 2 is 2.06 bits per heavy atom. The molecule has 18 heavy (non-hydrogen) atoms. The van der Waals surface area contributed by atoms with Crippen LogP contribution in [0.1, 0.15) is 32.6 Å². The Bertz CT molecular complexity index is 332. The lowest BCUT2D eigenvalue weighted by molar-refractivity contribution is -0.145. The second kappa shape index (κ2) is 5.69. The molecule has 5 nitrogen and oxygen atoms in total. The van der Waals surface area contributed by atoms with Crippen molar-refractivity contribution in [3.8, 4) is 0 Å². The average molecular weight is 253 g/mol. The lowest BCUT2D eigenvalue weighted by Gasteiger charge is -2.36. The molecule has 2 fully saturated rings. The van der Waals surface area contributed by atoms with Crippen LogP contribution in [0.3, 0.4) is 0 Å². The number of carbonyl (C=O) groups is 2. The van der Waals surface area contributed by atoms with Gasteiger partial charge in [-0.1, -0.05) is 0 Å². The second-order valence-corrected chi connectivity index (χ2v) is 5.30. The molecule has 0 aromatic rings. The Labute approximate surface area is 108 Å². The predicted octanol–water partition coefficient (Wildman–Crippen LogP) is 0.112. The lowest BCUT2D eigenvalue weighted by Crippen LogP contribution is -2.53. The monoisotopic (exact) mass is 253 g/mol. The standard InChI is InChI=1S/C13H23N3O2/c1-9-10(6-7-15-9)13(18)16-8-4-3-5-11(16)12(17)14-2/h9-11,15H,3-8H2,1-2H3,(H,14,17). The molecule has 2 saturated heterocycles. The Morgan fingerprint density at radius 3 is 2.67 bits per heavy atom. The summed E-state index contributed by atoms with van der Waals surface area (Å²) in [5, 5.41) is 5.97. The lowest BCUT2D eigenvalue weighted by atomic mass is 9.95. The van der Waals surface area contributed by atoms with E-state index < -0.39 is 0 Å². The molecular formula is C13H23N3O2. The number of carbonyl (C=O) groups excluding carboxylic acids is 2. The second-order valence-electron chi connectivity index (χ2n) is 5.30. The van der Waals surface area contributed by atoms with E-state index in [0.717, 1.165) is 38.8 Å². The van der Waals surface area contributed by atoms with Gasteiger partial charge in [-0.25, -0.2) is 0 Å². The van der Waals surface area contributed by atoms with E-state index in [0.29, 0.717) is 0 Å². The molecule has 0 aromatic heterocycles. The largest absolute Gasteiger partial charge is 0.357 e. The molecule has 0 bridgehead atoms. The van der Waals surface area contributed by atoms with Crippen LogP contribution in [0.2, 0.25) is 0 Å². The van der Waals surface area contributed by atoms with E-state index >= 15 is 0 Å². The van der Waals surface area contributed by atoms with E-state index in [9.17, 15) is 9.59 Å². The van der Waals surface area contributed by atoms with Crippen LogP contribution in [-0.4, -0.2) is 48.9 Å². The quantitative estimate of drug-likeness (QED) is 0.734. The highest BCUT2D eigenvalue weighted by atomic mass is 16.2. The number of hydrogen-bond donors (Lipinski definition) is 2. The van der Waals surface area contributed by atoms with Crippen molar-refractivity contribution in [1.29, 1.82) is 0 Å². The highest BCUT2D eigenvalue weighted by Gasteiger charge is 2.38. The molecule has 2 heterocycles. The van der Waals surface area contributed by atoms with E-state index in [1.54, 1.807) is 11.9 Å². The summed E-state index contributed by atoms with van der Waals surface area (Å²) in [5.41, 5.74) is 0. The summed E-state index contributed by atoms with van der Waals surface area (Å²) in [6.07, 6.45) is 3.71. The first-order valence-electron chi connectivity index (χ1n) is 6.90. The third-order valence-electron chi connectivity index (χ3n) is 4.18. The van der Waals surface area contributed by atoms with Crippen molar-refractivity contribution < 1.29 is 9.59 Å². The molecule has 0 saturated carbocycles. The number of likely N-dealkylation sites (N-methyl/N-ethyl adjacent to an activating group) is 1. The maximum absolute atomic E-state index is 12.5. The van der Waals surface area contributed by atoms with Crippen LogP contribution in [0, 0.1) is 5.92 Å². The maximum atomic E-state index is 12.5. The van der Waals surface area contributed by atoms with Crippen molar-refractivity contribution in [2.75, 3.05) is 20.1 Å². The van der Waals surface area contributed by atoms with Gasteiger partial charge in [-0.3, -0.25) is 9.59 Å². The average Bonchev–Trinajstić information content (AvgIpc) is 2.83. The molecule has 0 radical (unpaired) electrons. The number of piperidine rings is 1. The molecule has 2 rings (SSSR count). The molecule has 2 aliphatic heterocycles. The topological polar surface area (TPSA) is 61.4 Å². The van der Waals surface area contributed by atoms with Gasteiger partial charge in [0, 0.05) is 19.6 Å². The van der Waals surface area contributed by atoms with E-state index in [2.05, 4.69) is 17.6 Å². The van der Waals surface area contributed by atoms with Gasteiger partial charge in [0.1, 0.15) is 6.04 Å². The van der Waals surface area contributed by atoms with E-state index in [1.165, 1.54) is 0 Å². The Morgan fingerprint density at radius 1 is 1.28 bits per heavy atom. The molecule has 0 aliphatic carbocycles. The number of hydrogen-bond acceptors (Lipinski definition) is 3. The number of likely N-dealkylation sites (tertiary alicyclic amines) is 1. The zero-order valence-electron chi connectivity index (χ0n) is 11.2. The van der Waals surface area contributed by atoms with Crippen LogP contribution < -0.4 is 10.6 Å². The Balaban J connectivity index is 2.08. The van der Waals surface area contributed by atoms with Crippen molar-refractivity contribution in [1.82, 2.24) is 15.5 Å². The van der Waals surface area contributed by atoms with Gasteiger partial charge in [0.25, 0.3) is 0 Å². The molecule has 2 N–H and O–H groups in total. The molecule has 0 spiro atoms. The minimum Gasteiger partial charge on any atom is -0.357 e. The highest BCUT2D eigenvalue weighted by Crippen LogP contribution is 2.24. The summed E-state index contributed by atoms with van der Waals surface area (Å²) >= 11 is 0. The van der Waals surface area contributed by atoms with Gasteiger partial charge in [-0.15, -0.1) is 0 Å². The predicted molar refractivity (Wildman–Crippen MR) is 69.0 cm³/mol. The first-order chi connectivity index (χ1) is 8.65. The molecule has 3 atom stereocenters. The van der Waals surface area contributed by atoms with Crippen LogP contribution in [0.4, 0.5) is 0 Å². The normalized spacial score (nSPS) is 32.3. The minimum atomic E-state index is -0.260. The number of nitrogens with zero attached hydrogens (tertiary/aromatic N) is 1. The summed E-state index contributed by atoms with van der Waals surface area (Å²) in [6.45, 7) is 3.67. The smallest absolute Gasteiger partial charge is 0.242 e. The van der Waals surface area contributed by atoms with Gasteiger partial charge in [0.15, 0.2) is 0 Å². The van der Waals surface area contributed by atoms with Gasteiger partial charge in [0.05, 0.1) is 5.92 Å². The molecular weight excluding hydrogens is 230 g/mol. The van der Waals surface area contributed by atoms with Gasteiger partial charge in [0.2, 0.25) is 11.8 Å². The van der Waals surface area contributed by atoms with Crippen molar-refractivity contribution in [3.05, 3.63) is 0 Å². The minimum absolute atomic E-state index is 0.0262. The summed E-state index contributed by atoms with van der Waals surface area (Å²) in [6, 6.07) is -0.0335. The van der Waals surface area contributed by atoms with Crippen LogP contribution in [0.25, 0.3) is 0 Å². The fourth-order valence-corrected chi connectivity index (χ4v) is 3.04. The van der Waals surface area contributed by atoms with Gasteiger partial charge in [-0.05, 0) is 39.2 Å². The summed E-state index contributed by atoms with van der Waals surface area (Å²) in [4.78, 5) is 26.2. The van der Waals surface area contributed by atoms with Gasteiger partial charge in [-0.2, -0.15) is 0 Å². The van der Waals surface area contributed by atoms with E-state index in [1.807, 2.05) is 0 Å². The van der Waals surface area contributed by atoms with E-state index in [4.69, 9.17) is 0 Å². The first-order valence-corrected chi connectivity index (χ1v) is 6.90. The zero-order chi connectivity index (χ0) is 13.1. The fourth-order valence-electron chi connectivity index (χ4n) is 3.04. The Kier molecular flexibility index (Phi) is 4.22. The Hall–Kier alpha value is -1.10. The highest BCUT2D eigenvalue weighted by molar-refractivity contribution is 5.89. The molecule has 0 aromatic carbocycles. The zero-order valence-corrected chi connectivity index (χ0v) is 11.2. The van der Waals surface area contributed by atoms with Crippen molar-refractivity contribution in [2.45, 2.75) is 44.7 Å². The molecule has 5 heteroatoms. The molecule has 102 valence electrons. The van der Waals surface area contributed by atoms with Crippen molar-refractivity contribution in [2.24, 2.45) is 5.92 Å². The van der Waals surface area contributed by atoms with Crippen LogP contribution in [0.5, 0.6) is 0 Å². The summed E-state index contributed by atoms with van der Waals surface area (Å²) < 4.78 is 0. The third kappa shape index (κ3) is 2.51. The first kappa shape index (κ1) is 13.3.